The highest BCUT2D eigenvalue weighted by atomic mass is 35.5. The molecular formula is C17H14ClNO4. The summed E-state index contributed by atoms with van der Waals surface area (Å²) in [4.78, 5) is 12.5. The minimum Gasteiger partial charge on any atom is -0.492 e. The molecule has 0 fully saturated rings. The van der Waals surface area contributed by atoms with Crippen LogP contribution in [0, 0.1) is 5.92 Å². The first-order valence-corrected chi connectivity index (χ1v) is 7.68. The third kappa shape index (κ3) is 2.80. The fraction of sp³-hybridized carbons (Fsp3) is 0.235. The first-order chi connectivity index (χ1) is 11.2. The lowest BCUT2D eigenvalue weighted by Crippen LogP contribution is -2.32. The van der Waals surface area contributed by atoms with Crippen LogP contribution in [0.25, 0.3) is 0 Å². The highest BCUT2D eigenvalue weighted by Crippen LogP contribution is 2.35. The van der Waals surface area contributed by atoms with Crippen LogP contribution in [0.5, 0.6) is 17.2 Å². The SMILES string of the molecule is O=C(Nc1ccc2c(c1)OCO2)C1COc2ccc(Cl)cc2C1. The molecule has 0 saturated carbocycles. The van der Waals surface area contributed by atoms with E-state index in [1.165, 1.54) is 0 Å². The molecule has 2 aromatic carbocycles. The van der Waals surface area contributed by atoms with Gasteiger partial charge >= 0.3 is 0 Å². The van der Waals surface area contributed by atoms with E-state index < -0.39 is 0 Å². The van der Waals surface area contributed by atoms with Crippen LogP contribution < -0.4 is 19.5 Å². The topological polar surface area (TPSA) is 56.8 Å². The first-order valence-electron chi connectivity index (χ1n) is 7.31. The van der Waals surface area contributed by atoms with Gasteiger partial charge in [-0.25, -0.2) is 0 Å². The van der Waals surface area contributed by atoms with Crippen molar-refractivity contribution in [1.82, 2.24) is 0 Å². The Morgan fingerprint density at radius 1 is 1.04 bits per heavy atom. The number of anilines is 1. The zero-order valence-corrected chi connectivity index (χ0v) is 12.9. The average Bonchev–Trinajstić information content (AvgIpc) is 3.01. The van der Waals surface area contributed by atoms with Crippen molar-refractivity contribution in [3.63, 3.8) is 0 Å². The van der Waals surface area contributed by atoms with Crippen LogP contribution in [0.3, 0.4) is 0 Å². The molecule has 2 heterocycles. The normalized spacial score (nSPS) is 18.0. The molecule has 1 unspecified atom stereocenters. The van der Waals surface area contributed by atoms with Gasteiger partial charge in [0, 0.05) is 16.8 Å². The maximum Gasteiger partial charge on any atom is 0.231 e. The van der Waals surface area contributed by atoms with Crippen LogP contribution in [0.2, 0.25) is 5.02 Å². The van der Waals surface area contributed by atoms with Crippen molar-refractivity contribution in [1.29, 1.82) is 0 Å². The van der Waals surface area contributed by atoms with Crippen LogP contribution >= 0.6 is 11.6 Å². The Morgan fingerprint density at radius 3 is 2.78 bits per heavy atom. The Bertz CT molecular complexity index is 777. The summed E-state index contributed by atoms with van der Waals surface area (Å²) in [5, 5.41) is 3.54. The smallest absolute Gasteiger partial charge is 0.231 e. The molecule has 4 rings (SSSR count). The molecule has 0 aliphatic carbocycles. The van der Waals surface area contributed by atoms with E-state index in [4.69, 9.17) is 25.8 Å². The van der Waals surface area contributed by atoms with E-state index in [1.54, 1.807) is 24.3 Å². The highest BCUT2D eigenvalue weighted by Gasteiger charge is 2.26. The fourth-order valence-corrected chi connectivity index (χ4v) is 2.94. The van der Waals surface area contributed by atoms with Crippen LogP contribution in [0.4, 0.5) is 5.69 Å². The molecule has 2 aliphatic rings. The molecule has 0 saturated heterocycles. The fourth-order valence-electron chi connectivity index (χ4n) is 2.75. The molecule has 0 spiro atoms. The summed E-state index contributed by atoms with van der Waals surface area (Å²) in [6.07, 6.45) is 0.603. The maximum atomic E-state index is 12.5. The van der Waals surface area contributed by atoms with Gasteiger partial charge in [-0.3, -0.25) is 4.79 Å². The summed E-state index contributed by atoms with van der Waals surface area (Å²) in [6, 6.07) is 10.8. The molecule has 2 aromatic rings. The van der Waals surface area contributed by atoms with Gasteiger partial charge in [-0.2, -0.15) is 0 Å². The van der Waals surface area contributed by atoms with Crippen LogP contribution in [0.1, 0.15) is 5.56 Å². The molecule has 6 heteroatoms. The summed E-state index contributed by atoms with van der Waals surface area (Å²) >= 11 is 6.01. The second-order valence-electron chi connectivity index (χ2n) is 5.52. The number of carbonyl (C=O) groups excluding carboxylic acids is 1. The minimum atomic E-state index is -0.258. The molecular weight excluding hydrogens is 318 g/mol. The number of hydrogen-bond acceptors (Lipinski definition) is 4. The van der Waals surface area contributed by atoms with Crippen molar-refractivity contribution in [3.05, 3.63) is 47.0 Å². The van der Waals surface area contributed by atoms with Gasteiger partial charge in [0.15, 0.2) is 11.5 Å². The van der Waals surface area contributed by atoms with E-state index in [-0.39, 0.29) is 18.6 Å². The van der Waals surface area contributed by atoms with Gasteiger partial charge in [0.2, 0.25) is 12.7 Å². The van der Waals surface area contributed by atoms with Crippen molar-refractivity contribution >= 4 is 23.2 Å². The Morgan fingerprint density at radius 2 is 1.87 bits per heavy atom. The summed E-state index contributed by atoms with van der Waals surface area (Å²) in [6.45, 7) is 0.561. The average molecular weight is 332 g/mol. The maximum absolute atomic E-state index is 12.5. The Kier molecular flexibility index (Phi) is 3.50. The predicted octanol–water partition coefficient (Wildman–Crippen LogP) is 3.26. The van der Waals surface area contributed by atoms with Crippen LogP contribution in [-0.2, 0) is 11.2 Å². The van der Waals surface area contributed by atoms with Gasteiger partial charge in [0.1, 0.15) is 12.4 Å². The minimum absolute atomic E-state index is 0.0884. The molecule has 2 aliphatic heterocycles. The summed E-state index contributed by atoms with van der Waals surface area (Å²) in [7, 11) is 0. The van der Waals surface area contributed by atoms with Gasteiger partial charge in [-0.1, -0.05) is 11.6 Å². The number of amides is 1. The van der Waals surface area contributed by atoms with Gasteiger partial charge in [-0.15, -0.1) is 0 Å². The quantitative estimate of drug-likeness (QED) is 0.917. The molecule has 118 valence electrons. The molecule has 0 aromatic heterocycles. The van der Waals surface area contributed by atoms with E-state index in [1.807, 2.05) is 12.1 Å². The molecule has 1 atom stereocenters. The third-order valence-electron chi connectivity index (χ3n) is 3.94. The Balaban J connectivity index is 1.47. The number of nitrogens with one attached hydrogen (secondary N) is 1. The number of hydrogen-bond donors (Lipinski definition) is 1. The van der Waals surface area contributed by atoms with Crippen molar-refractivity contribution in [3.8, 4) is 17.2 Å². The Labute approximate surface area is 138 Å². The number of rotatable bonds is 2. The van der Waals surface area contributed by atoms with E-state index in [0.29, 0.717) is 35.2 Å². The molecule has 0 bridgehead atoms. The van der Waals surface area contributed by atoms with Crippen molar-refractivity contribution in [2.45, 2.75) is 6.42 Å². The number of carbonyl (C=O) groups is 1. The molecule has 23 heavy (non-hydrogen) atoms. The molecule has 0 radical (unpaired) electrons. The van der Waals surface area contributed by atoms with Gasteiger partial charge in [-0.05, 0) is 42.3 Å². The summed E-state index contributed by atoms with van der Waals surface area (Å²) in [5.41, 5.74) is 1.63. The first kappa shape index (κ1) is 14.2. The second-order valence-corrected chi connectivity index (χ2v) is 5.96. The zero-order valence-electron chi connectivity index (χ0n) is 12.2. The zero-order chi connectivity index (χ0) is 15.8. The van der Waals surface area contributed by atoms with E-state index in [2.05, 4.69) is 5.32 Å². The van der Waals surface area contributed by atoms with Crippen LogP contribution in [-0.4, -0.2) is 19.3 Å². The largest absolute Gasteiger partial charge is 0.492 e. The van der Waals surface area contributed by atoms with Crippen LogP contribution in [0.15, 0.2) is 36.4 Å². The van der Waals surface area contributed by atoms with Gasteiger partial charge in [0.05, 0.1) is 5.92 Å². The van der Waals surface area contributed by atoms with Gasteiger partial charge in [0.25, 0.3) is 0 Å². The Hall–Kier alpha value is -2.40. The standard InChI is InChI=1S/C17H14ClNO4/c18-12-1-3-14-10(6-12)5-11(8-21-14)17(20)19-13-2-4-15-16(7-13)23-9-22-15/h1-4,6-7,11H,5,8-9H2,(H,19,20). The van der Waals surface area contributed by atoms with Gasteiger partial charge < -0.3 is 19.5 Å². The molecule has 1 amide bonds. The van der Waals surface area contributed by atoms with Crippen molar-refractivity contribution < 1.29 is 19.0 Å². The molecule has 5 nitrogen and oxygen atoms in total. The van der Waals surface area contributed by atoms with E-state index in [9.17, 15) is 4.79 Å². The van der Waals surface area contributed by atoms with Crippen molar-refractivity contribution in [2.24, 2.45) is 5.92 Å². The lowest BCUT2D eigenvalue weighted by molar-refractivity contribution is -0.121. The third-order valence-corrected chi connectivity index (χ3v) is 4.17. The second kappa shape index (κ2) is 5.66. The molecule has 1 N–H and O–H groups in total. The summed E-state index contributed by atoms with van der Waals surface area (Å²) < 4.78 is 16.2. The highest BCUT2D eigenvalue weighted by molar-refractivity contribution is 6.30. The number of benzene rings is 2. The number of ether oxygens (including phenoxy) is 3. The number of fused-ring (bicyclic) bond motifs is 2. The predicted molar refractivity (Wildman–Crippen MR) is 85.3 cm³/mol. The number of halogens is 1. The summed E-state index contributed by atoms with van der Waals surface area (Å²) in [5.74, 6) is 1.77. The monoisotopic (exact) mass is 331 g/mol. The van der Waals surface area contributed by atoms with E-state index >= 15 is 0 Å². The lowest BCUT2D eigenvalue weighted by Gasteiger charge is -2.24. The van der Waals surface area contributed by atoms with Crippen molar-refractivity contribution in [2.75, 3.05) is 18.7 Å². The van der Waals surface area contributed by atoms with E-state index in [0.717, 1.165) is 11.3 Å². The lowest BCUT2D eigenvalue weighted by atomic mass is 9.96.